The van der Waals surface area contributed by atoms with E-state index in [9.17, 15) is 4.79 Å². The quantitative estimate of drug-likeness (QED) is 0.402. The van der Waals surface area contributed by atoms with Crippen LogP contribution in [0.3, 0.4) is 0 Å². The number of hydrogen-bond acceptors (Lipinski definition) is 10. The monoisotopic (exact) mass is 558 g/mol. The number of rotatable bonds is 8. The molecule has 1 aliphatic heterocycles. The summed E-state index contributed by atoms with van der Waals surface area (Å²) in [6.45, 7) is 3.81. The van der Waals surface area contributed by atoms with Gasteiger partial charge in [0.1, 0.15) is 22.3 Å². The number of morpholine rings is 1. The first kappa shape index (κ1) is 21.4. The molecule has 0 bridgehead atoms. The maximum atomic E-state index is 12.0. The molecule has 0 unspecified atom stereocenters. The van der Waals surface area contributed by atoms with E-state index in [4.69, 9.17) is 10.5 Å². The number of nitrogens with two attached hydrogens (primary N) is 1. The van der Waals surface area contributed by atoms with Gasteiger partial charge in [0.05, 0.1) is 42.3 Å². The molecule has 158 valence electrons. The van der Waals surface area contributed by atoms with Crippen LogP contribution in [0.5, 0.6) is 0 Å². The highest BCUT2D eigenvalue weighted by Crippen LogP contribution is 2.36. The van der Waals surface area contributed by atoms with Crippen LogP contribution in [-0.2, 0) is 17.2 Å². The fourth-order valence-electron chi connectivity index (χ4n) is 2.94. The Morgan fingerprint density at radius 2 is 2.23 bits per heavy atom. The third-order valence-corrected chi connectivity index (χ3v) is 6.66. The highest BCUT2D eigenvalue weighted by atomic mass is 127. The Kier molecular flexibility index (Phi) is 7.14. The van der Waals surface area contributed by atoms with Crippen molar-refractivity contribution in [2.75, 3.05) is 31.6 Å². The third-order valence-electron chi connectivity index (χ3n) is 4.39. The lowest BCUT2D eigenvalue weighted by Crippen LogP contribution is -2.36. The minimum Gasteiger partial charge on any atom is -0.379 e. The summed E-state index contributed by atoms with van der Waals surface area (Å²) in [6.07, 6.45) is 3.55. The highest BCUT2D eigenvalue weighted by molar-refractivity contribution is 14.2. The largest absolute Gasteiger partial charge is 0.379 e. The van der Waals surface area contributed by atoms with E-state index in [1.807, 2.05) is 6.20 Å². The minimum atomic E-state index is -0.516. The van der Waals surface area contributed by atoms with E-state index >= 15 is 0 Å². The van der Waals surface area contributed by atoms with Gasteiger partial charge in [0.2, 0.25) is 0 Å². The first-order chi connectivity index (χ1) is 14.6. The molecule has 1 saturated heterocycles. The predicted octanol–water partition coefficient (Wildman–Crippen LogP) is 2.51. The highest BCUT2D eigenvalue weighted by Gasteiger charge is 2.18. The number of amides is 1. The molecular formula is C17H19IN8O2S2. The molecule has 3 N–H and O–H groups in total. The van der Waals surface area contributed by atoms with Gasteiger partial charge in [0.25, 0.3) is 5.91 Å². The zero-order chi connectivity index (χ0) is 20.9. The third kappa shape index (κ3) is 5.26. The van der Waals surface area contributed by atoms with Gasteiger partial charge >= 0.3 is 0 Å². The molecule has 0 radical (unpaired) electrons. The van der Waals surface area contributed by atoms with E-state index < -0.39 is 5.91 Å². The van der Waals surface area contributed by atoms with Gasteiger partial charge in [0, 0.05) is 19.3 Å². The van der Waals surface area contributed by atoms with E-state index in [2.05, 4.69) is 51.7 Å². The summed E-state index contributed by atoms with van der Waals surface area (Å²) in [5.74, 6) is 1.49. The van der Waals surface area contributed by atoms with Crippen LogP contribution in [0.1, 0.15) is 16.2 Å². The lowest BCUT2D eigenvalue weighted by Gasteiger charge is -2.25. The van der Waals surface area contributed by atoms with Crippen molar-refractivity contribution < 1.29 is 9.53 Å². The molecule has 1 aliphatic rings. The summed E-state index contributed by atoms with van der Waals surface area (Å²) in [5, 5.41) is 12.1. The van der Waals surface area contributed by atoms with Crippen molar-refractivity contribution in [3.05, 3.63) is 35.9 Å². The fourth-order valence-corrected chi connectivity index (χ4v) is 5.04. The molecule has 4 rings (SSSR count). The summed E-state index contributed by atoms with van der Waals surface area (Å²) in [5.41, 5.74) is 6.68. The smallest absolute Gasteiger partial charge is 0.251 e. The average Bonchev–Trinajstić information content (AvgIpc) is 3.37. The van der Waals surface area contributed by atoms with Gasteiger partial charge in [-0.15, -0.1) is 16.4 Å². The first-order valence-corrected chi connectivity index (χ1v) is 13.4. The minimum absolute atomic E-state index is 0.390. The van der Waals surface area contributed by atoms with Crippen molar-refractivity contribution in [1.82, 2.24) is 29.9 Å². The van der Waals surface area contributed by atoms with Crippen LogP contribution < -0.4 is 11.1 Å². The Bertz CT molecular complexity index is 1020. The summed E-state index contributed by atoms with van der Waals surface area (Å²) >= 11 is 3.59. The van der Waals surface area contributed by atoms with Crippen molar-refractivity contribution in [3.63, 3.8) is 0 Å². The van der Waals surface area contributed by atoms with Crippen LogP contribution in [0, 0.1) is 0 Å². The number of aromatic nitrogens is 5. The number of carbonyl (C=O) groups is 1. The molecule has 10 nitrogen and oxygen atoms in total. The number of ether oxygens (including phenoxy) is 1. The van der Waals surface area contributed by atoms with Crippen molar-refractivity contribution >= 4 is 58.2 Å². The second-order valence-corrected chi connectivity index (χ2v) is 9.87. The Morgan fingerprint density at radius 1 is 1.40 bits per heavy atom. The van der Waals surface area contributed by atoms with Crippen LogP contribution in [0.2, 0.25) is 0 Å². The Morgan fingerprint density at radius 3 is 3.00 bits per heavy atom. The van der Waals surface area contributed by atoms with Crippen molar-refractivity contribution in [2.45, 2.75) is 12.4 Å². The van der Waals surface area contributed by atoms with Gasteiger partial charge in [-0.05, 0) is 33.3 Å². The molecule has 4 heterocycles. The molecule has 3 aromatic rings. The van der Waals surface area contributed by atoms with E-state index in [-0.39, 0.29) is 0 Å². The summed E-state index contributed by atoms with van der Waals surface area (Å²) in [4.78, 5) is 24.0. The molecule has 0 aliphatic carbocycles. The molecular weight excluding hydrogens is 539 g/mol. The molecule has 0 saturated carbocycles. The van der Waals surface area contributed by atoms with E-state index in [0.717, 1.165) is 31.2 Å². The maximum Gasteiger partial charge on any atom is 0.251 e. The van der Waals surface area contributed by atoms with Crippen molar-refractivity contribution in [1.29, 1.82) is 0 Å². The van der Waals surface area contributed by atoms with Crippen LogP contribution in [0.15, 0.2) is 24.5 Å². The number of thiophene rings is 1. The summed E-state index contributed by atoms with van der Waals surface area (Å²) in [6, 6.07) is 3.50. The van der Waals surface area contributed by atoms with Crippen LogP contribution in [0.25, 0.3) is 10.6 Å². The van der Waals surface area contributed by atoms with Crippen LogP contribution >= 0.6 is 41.5 Å². The topological polar surface area (TPSA) is 124 Å². The molecule has 0 aromatic carbocycles. The van der Waals surface area contributed by atoms with Gasteiger partial charge in [-0.1, -0.05) is 14.1 Å². The van der Waals surface area contributed by atoms with Gasteiger partial charge in [-0.2, -0.15) is 0 Å². The standard InChI is InChI=1S/C17H19IN8O2S2/c18-29-10-26-8-12(23-24-26)13-7-11(16(19)27)17(30-13)22-14-1-2-20-15(21-14)9-25-3-5-28-6-4-25/h1-2,7-8H,3-6,9-10H2,(H2,19,27)(H,20,21,22). The molecule has 13 heteroatoms. The SMILES string of the molecule is NC(=O)c1cc(-c2cn(CSI)nn2)sc1Nc1ccnc(CN2CCOCC2)n1. The lowest BCUT2D eigenvalue weighted by molar-refractivity contribution is 0.0331. The predicted molar refractivity (Wildman–Crippen MR) is 125 cm³/mol. The zero-order valence-electron chi connectivity index (χ0n) is 15.8. The second kappa shape index (κ2) is 10.00. The number of hydrogen-bond donors (Lipinski definition) is 2. The van der Waals surface area contributed by atoms with Gasteiger partial charge < -0.3 is 15.8 Å². The number of nitrogens with one attached hydrogen (secondary N) is 1. The molecule has 1 fully saturated rings. The summed E-state index contributed by atoms with van der Waals surface area (Å²) < 4.78 is 7.12. The fraction of sp³-hybridized carbons (Fsp3) is 0.353. The van der Waals surface area contributed by atoms with E-state index in [1.54, 1.807) is 31.9 Å². The Labute approximate surface area is 193 Å². The lowest BCUT2D eigenvalue weighted by atomic mass is 10.2. The average molecular weight is 558 g/mol. The zero-order valence-corrected chi connectivity index (χ0v) is 19.6. The Hall–Kier alpha value is -1.81. The molecule has 0 atom stereocenters. The normalized spacial score (nSPS) is 14.7. The number of primary amides is 1. The number of halogens is 1. The van der Waals surface area contributed by atoms with Gasteiger partial charge in [-0.3, -0.25) is 9.69 Å². The Balaban J connectivity index is 1.54. The first-order valence-electron chi connectivity index (χ1n) is 9.09. The summed E-state index contributed by atoms with van der Waals surface area (Å²) in [7, 11) is 1.61. The van der Waals surface area contributed by atoms with Gasteiger partial charge in [0.15, 0.2) is 0 Å². The van der Waals surface area contributed by atoms with E-state index in [0.29, 0.717) is 40.3 Å². The number of anilines is 2. The van der Waals surface area contributed by atoms with Crippen molar-refractivity contribution in [2.24, 2.45) is 5.73 Å². The van der Waals surface area contributed by atoms with Crippen LogP contribution in [0.4, 0.5) is 10.8 Å². The number of carbonyl (C=O) groups excluding carboxylic acids is 1. The molecule has 30 heavy (non-hydrogen) atoms. The maximum absolute atomic E-state index is 12.0. The molecule has 3 aromatic heterocycles. The van der Waals surface area contributed by atoms with Gasteiger partial charge in [-0.25, -0.2) is 14.6 Å². The molecule has 0 spiro atoms. The van der Waals surface area contributed by atoms with Crippen molar-refractivity contribution in [3.8, 4) is 10.6 Å². The van der Waals surface area contributed by atoms with E-state index in [1.165, 1.54) is 11.3 Å². The van der Waals surface area contributed by atoms with Crippen LogP contribution in [-0.4, -0.2) is 62.1 Å². The molecule has 1 amide bonds. The second-order valence-electron chi connectivity index (χ2n) is 6.47. The number of nitrogens with zero attached hydrogens (tertiary/aromatic N) is 6.